The molecule has 2 aliphatic heterocycles. The molecule has 0 bridgehead atoms. The van der Waals surface area contributed by atoms with Crippen molar-refractivity contribution in [2.24, 2.45) is 33.5 Å². The Labute approximate surface area is 206 Å². The van der Waals surface area contributed by atoms with Crippen LogP contribution < -0.4 is 0 Å². The lowest BCUT2D eigenvalue weighted by molar-refractivity contribution is -0.257. The van der Waals surface area contributed by atoms with E-state index >= 15 is 0 Å². The Balaban J connectivity index is 1.55. The molecule has 35 heavy (non-hydrogen) atoms. The molecule has 1 unspecified atom stereocenters. The largest absolute Gasteiger partial charge is 0.472 e. The monoisotopic (exact) mass is 484 g/mol. The molecular weight excluding hydrogens is 448 g/mol. The summed E-state index contributed by atoms with van der Waals surface area (Å²) in [7, 11) is 0. The average molecular weight is 485 g/mol. The molecule has 5 aliphatic rings. The molecule has 6 rings (SSSR count). The first-order valence-corrected chi connectivity index (χ1v) is 12.8. The van der Waals surface area contributed by atoms with Crippen LogP contribution in [0, 0.1) is 33.5 Å². The van der Waals surface area contributed by atoms with Gasteiger partial charge in [-0.05, 0) is 48.0 Å². The molecule has 190 valence electrons. The number of allylic oxidation sites excluding steroid dienone is 1. The summed E-state index contributed by atoms with van der Waals surface area (Å²) < 4.78 is 24.0. The minimum absolute atomic E-state index is 0.0788. The molecule has 10 atom stereocenters. The summed E-state index contributed by atoms with van der Waals surface area (Å²) >= 11 is 0. The van der Waals surface area contributed by atoms with E-state index in [0.717, 1.165) is 18.4 Å². The van der Waals surface area contributed by atoms with Gasteiger partial charge in [0.05, 0.1) is 18.6 Å². The van der Waals surface area contributed by atoms with Crippen molar-refractivity contribution in [3.05, 3.63) is 36.3 Å². The van der Waals surface area contributed by atoms with Gasteiger partial charge < -0.3 is 23.7 Å². The third-order valence-corrected chi connectivity index (χ3v) is 11.0. The van der Waals surface area contributed by atoms with Crippen molar-refractivity contribution < 1.29 is 33.3 Å². The van der Waals surface area contributed by atoms with E-state index in [2.05, 4.69) is 40.7 Å². The zero-order valence-electron chi connectivity index (χ0n) is 21.4. The predicted octanol–water partition coefficient (Wildman–Crippen LogP) is 4.35. The second-order valence-electron chi connectivity index (χ2n) is 12.8. The maximum absolute atomic E-state index is 13.3. The number of ether oxygens (including phenoxy) is 3. The number of fused-ring (bicyclic) bond motifs is 3. The molecule has 3 aliphatic carbocycles. The fourth-order valence-electron chi connectivity index (χ4n) is 9.34. The fraction of sp³-hybridized carbons (Fsp3) is 0.714. The van der Waals surface area contributed by atoms with Crippen molar-refractivity contribution in [2.75, 3.05) is 0 Å². The molecular formula is C28H36O7. The van der Waals surface area contributed by atoms with Gasteiger partial charge in [0.1, 0.15) is 17.8 Å². The second-order valence-corrected chi connectivity index (χ2v) is 12.8. The Kier molecular flexibility index (Phi) is 4.52. The molecule has 0 amide bonds. The Morgan fingerprint density at radius 3 is 2.54 bits per heavy atom. The van der Waals surface area contributed by atoms with Gasteiger partial charge in [-0.15, -0.1) is 0 Å². The maximum Gasteiger partial charge on any atom is 0.339 e. The smallest absolute Gasteiger partial charge is 0.339 e. The fourth-order valence-corrected chi connectivity index (χ4v) is 9.34. The van der Waals surface area contributed by atoms with E-state index in [1.165, 1.54) is 6.92 Å². The number of esters is 2. The van der Waals surface area contributed by atoms with Crippen molar-refractivity contribution in [2.45, 2.75) is 90.8 Å². The molecule has 4 fully saturated rings. The molecule has 7 heteroatoms. The van der Waals surface area contributed by atoms with E-state index in [1.807, 2.05) is 12.1 Å². The van der Waals surface area contributed by atoms with E-state index in [9.17, 15) is 14.7 Å². The van der Waals surface area contributed by atoms with Gasteiger partial charge in [-0.1, -0.05) is 46.8 Å². The molecule has 1 N–H and O–H groups in total. The third kappa shape index (κ3) is 2.54. The zero-order chi connectivity index (χ0) is 25.2. The lowest BCUT2D eigenvalue weighted by Crippen LogP contribution is -2.72. The van der Waals surface area contributed by atoms with Crippen LogP contribution >= 0.6 is 0 Å². The molecule has 2 saturated carbocycles. The molecule has 7 nitrogen and oxygen atoms in total. The van der Waals surface area contributed by atoms with Crippen molar-refractivity contribution in [1.82, 2.24) is 0 Å². The SMILES string of the molecule is CC(=O)O[C@@H]1C[C@H]2C(C)(C)C(O)C=C[C@]2(C)[C@H]2CC[C@@]3(C)[C@@H](c4ccoc4)OC(=O)[C@H]4O[C@]43[C@@]21C. The summed E-state index contributed by atoms with van der Waals surface area (Å²) in [4.78, 5) is 25.7. The summed E-state index contributed by atoms with van der Waals surface area (Å²) in [5.41, 5.74) is -1.81. The van der Waals surface area contributed by atoms with Crippen LogP contribution in [0.25, 0.3) is 0 Å². The quantitative estimate of drug-likeness (QED) is 0.378. The summed E-state index contributed by atoms with van der Waals surface area (Å²) in [5, 5.41) is 10.9. The number of hydrogen-bond acceptors (Lipinski definition) is 7. The minimum Gasteiger partial charge on any atom is -0.472 e. The average Bonchev–Trinajstić information content (AvgIpc) is 3.35. The van der Waals surface area contributed by atoms with E-state index in [-0.39, 0.29) is 29.2 Å². The Hall–Kier alpha value is -2.12. The van der Waals surface area contributed by atoms with Gasteiger partial charge in [-0.2, -0.15) is 0 Å². The first-order valence-electron chi connectivity index (χ1n) is 12.8. The first-order chi connectivity index (χ1) is 16.3. The van der Waals surface area contributed by atoms with Crippen LogP contribution in [-0.4, -0.2) is 41.0 Å². The van der Waals surface area contributed by atoms with E-state index in [1.54, 1.807) is 12.5 Å². The molecule has 0 aromatic carbocycles. The van der Waals surface area contributed by atoms with Gasteiger partial charge >= 0.3 is 11.9 Å². The molecule has 1 aromatic heterocycles. The molecule has 0 radical (unpaired) electrons. The maximum atomic E-state index is 13.3. The third-order valence-electron chi connectivity index (χ3n) is 11.0. The number of furan rings is 1. The number of cyclic esters (lactones) is 1. The zero-order valence-corrected chi connectivity index (χ0v) is 21.4. The highest BCUT2D eigenvalue weighted by Gasteiger charge is 2.88. The van der Waals surface area contributed by atoms with Crippen LogP contribution in [-0.2, 0) is 23.8 Å². The van der Waals surface area contributed by atoms with E-state index in [0.29, 0.717) is 6.42 Å². The minimum atomic E-state index is -0.831. The number of rotatable bonds is 2. The van der Waals surface area contributed by atoms with Crippen molar-refractivity contribution in [3.63, 3.8) is 0 Å². The standard InChI is InChI=1S/C28H36O7/c1-15(29)33-20-13-18-24(2,3)19(30)8-10-25(18,4)17-7-11-26(5)21(16-9-12-32-14-16)34-23(31)22-28(26,35-22)27(17,20)6/h8-10,12,14,17-22,30H,7,11,13H2,1-6H3/t17-,18+,19?,20-,21-,22-,25-,26+,27+,28-/m1/s1. The molecule has 1 aromatic rings. The predicted molar refractivity (Wildman–Crippen MR) is 125 cm³/mol. The van der Waals surface area contributed by atoms with E-state index < -0.39 is 46.3 Å². The lowest BCUT2D eigenvalue weighted by Gasteiger charge is -2.69. The van der Waals surface area contributed by atoms with Crippen molar-refractivity contribution in [1.29, 1.82) is 0 Å². The van der Waals surface area contributed by atoms with Gasteiger partial charge in [0.15, 0.2) is 6.10 Å². The lowest BCUT2D eigenvalue weighted by atomic mass is 9.35. The van der Waals surface area contributed by atoms with Gasteiger partial charge in [-0.25, -0.2) is 4.79 Å². The topological polar surface area (TPSA) is 98.5 Å². The molecule has 3 heterocycles. The van der Waals surface area contributed by atoms with Crippen LogP contribution in [0.1, 0.15) is 72.5 Å². The molecule has 1 spiro atoms. The highest BCUT2D eigenvalue weighted by molar-refractivity contribution is 5.82. The van der Waals surface area contributed by atoms with Crippen LogP contribution in [0.2, 0.25) is 0 Å². The Bertz CT molecular complexity index is 1110. The van der Waals surface area contributed by atoms with E-state index in [4.69, 9.17) is 18.6 Å². The van der Waals surface area contributed by atoms with Gasteiger partial charge in [0, 0.05) is 23.3 Å². The number of carbonyl (C=O) groups excluding carboxylic acids is 2. The Morgan fingerprint density at radius 2 is 1.89 bits per heavy atom. The van der Waals surface area contributed by atoms with Crippen molar-refractivity contribution >= 4 is 11.9 Å². The summed E-state index contributed by atoms with van der Waals surface area (Å²) in [5.74, 6) is -0.529. The summed E-state index contributed by atoms with van der Waals surface area (Å²) in [6.45, 7) is 12.3. The van der Waals surface area contributed by atoms with Crippen LogP contribution in [0.4, 0.5) is 0 Å². The number of carbonyl (C=O) groups is 2. The highest BCUT2D eigenvalue weighted by atomic mass is 16.7. The van der Waals surface area contributed by atoms with Crippen molar-refractivity contribution in [3.8, 4) is 0 Å². The molecule has 2 saturated heterocycles. The van der Waals surface area contributed by atoms with Crippen LogP contribution in [0.3, 0.4) is 0 Å². The second kappa shape index (κ2) is 6.80. The normalized spacial score (nSPS) is 51.2. The van der Waals surface area contributed by atoms with Gasteiger partial charge in [-0.3, -0.25) is 4.79 Å². The number of epoxide rings is 1. The highest BCUT2D eigenvalue weighted by Crippen LogP contribution is 2.79. The first kappa shape index (κ1) is 23.3. The Morgan fingerprint density at radius 1 is 1.14 bits per heavy atom. The van der Waals surface area contributed by atoms with Crippen LogP contribution in [0.15, 0.2) is 35.2 Å². The number of aliphatic hydroxyl groups is 1. The number of hydrogen-bond donors (Lipinski definition) is 1. The van der Waals surface area contributed by atoms with Gasteiger partial charge in [0.2, 0.25) is 0 Å². The van der Waals surface area contributed by atoms with Gasteiger partial charge in [0.25, 0.3) is 0 Å². The summed E-state index contributed by atoms with van der Waals surface area (Å²) in [6.07, 6.45) is 7.38. The number of aliphatic hydroxyl groups excluding tert-OH is 1. The summed E-state index contributed by atoms with van der Waals surface area (Å²) in [6, 6.07) is 1.85. The van der Waals surface area contributed by atoms with Crippen LogP contribution in [0.5, 0.6) is 0 Å².